The molecule has 0 radical (unpaired) electrons. The lowest BCUT2D eigenvalue weighted by atomic mass is 9.92. The quantitative estimate of drug-likeness (QED) is 0.709. The van der Waals surface area contributed by atoms with E-state index in [4.69, 9.17) is 20.6 Å². The number of nitrogens with two attached hydrogens (primary N) is 1. The fourth-order valence-electron chi connectivity index (χ4n) is 3.74. The maximum atomic E-state index is 14.2. The van der Waals surface area contributed by atoms with Gasteiger partial charge in [0.05, 0.1) is 42.8 Å². The van der Waals surface area contributed by atoms with E-state index in [0.717, 1.165) is 12.2 Å². The van der Waals surface area contributed by atoms with Gasteiger partial charge in [0.15, 0.2) is 5.76 Å². The lowest BCUT2D eigenvalue weighted by Gasteiger charge is -2.41. The standard InChI is InChI=1S/C21H30FN5O2/c1-5-14-10-28-9-13(4)27(14)20-8-18(25-11-26-20)21(24)15-6-19(29-12(2)3)16(22)7-17(15)23/h6,8,11-14,17,24H,5,7,9-10,23H2,1-4H3. The van der Waals surface area contributed by atoms with Gasteiger partial charge in [-0.15, -0.1) is 0 Å². The Labute approximate surface area is 171 Å². The molecular formula is C21H30FN5O2. The molecule has 3 N–H and O–H groups in total. The first kappa shape index (κ1) is 21.4. The monoisotopic (exact) mass is 403 g/mol. The smallest absolute Gasteiger partial charge is 0.151 e. The van der Waals surface area contributed by atoms with Crippen molar-refractivity contribution in [2.75, 3.05) is 18.1 Å². The van der Waals surface area contributed by atoms with Crippen LogP contribution in [0.15, 0.2) is 35.6 Å². The molecule has 0 aromatic carbocycles. The third-order valence-corrected chi connectivity index (χ3v) is 5.19. The first-order valence-electron chi connectivity index (χ1n) is 10.1. The van der Waals surface area contributed by atoms with Crippen LogP contribution >= 0.6 is 0 Å². The Morgan fingerprint density at radius 2 is 2.17 bits per heavy atom. The van der Waals surface area contributed by atoms with Crippen molar-refractivity contribution in [1.29, 1.82) is 5.41 Å². The largest absolute Gasteiger partial charge is 0.488 e. The normalized spacial score (nSPS) is 25.3. The average molecular weight is 404 g/mol. The first-order valence-corrected chi connectivity index (χ1v) is 10.1. The predicted octanol–water partition coefficient (Wildman–Crippen LogP) is 3.11. The maximum absolute atomic E-state index is 14.2. The summed E-state index contributed by atoms with van der Waals surface area (Å²) in [5.41, 5.74) is 7.26. The van der Waals surface area contributed by atoms with Crippen molar-refractivity contribution in [3.8, 4) is 0 Å². The van der Waals surface area contributed by atoms with Gasteiger partial charge in [-0.05, 0) is 33.3 Å². The van der Waals surface area contributed by atoms with Crippen LogP contribution in [0.1, 0.15) is 46.2 Å². The molecule has 1 aromatic heterocycles. The minimum absolute atomic E-state index is 0.00656. The highest BCUT2D eigenvalue weighted by Gasteiger charge is 2.30. The molecule has 2 heterocycles. The number of nitrogens with one attached hydrogen (secondary N) is 1. The summed E-state index contributed by atoms with van der Waals surface area (Å²) in [6.45, 7) is 9.15. The zero-order chi connectivity index (χ0) is 21.1. The molecule has 1 aliphatic heterocycles. The van der Waals surface area contributed by atoms with Crippen molar-refractivity contribution in [3.05, 3.63) is 41.3 Å². The molecule has 3 atom stereocenters. The fraction of sp³-hybridized carbons (Fsp3) is 0.571. The number of aromatic nitrogens is 2. The summed E-state index contributed by atoms with van der Waals surface area (Å²) in [7, 11) is 0. The van der Waals surface area contributed by atoms with Gasteiger partial charge >= 0.3 is 0 Å². The Morgan fingerprint density at radius 3 is 2.86 bits per heavy atom. The number of allylic oxidation sites excluding steroid dienone is 1. The Balaban J connectivity index is 1.91. The van der Waals surface area contributed by atoms with E-state index in [1.54, 1.807) is 6.07 Å². The molecule has 7 nitrogen and oxygen atoms in total. The van der Waals surface area contributed by atoms with Gasteiger partial charge in [0.2, 0.25) is 0 Å². The zero-order valence-electron chi connectivity index (χ0n) is 17.5. The molecule has 158 valence electrons. The molecule has 2 aliphatic rings. The summed E-state index contributed by atoms with van der Waals surface area (Å²) in [6.07, 6.45) is 3.75. The van der Waals surface area contributed by atoms with Crippen LogP contribution in [0.5, 0.6) is 0 Å². The van der Waals surface area contributed by atoms with Crippen molar-refractivity contribution in [2.24, 2.45) is 5.73 Å². The maximum Gasteiger partial charge on any atom is 0.151 e. The zero-order valence-corrected chi connectivity index (χ0v) is 17.5. The van der Waals surface area contributed by atoms with Crippen molar-refractivity contribution < 1.29 is 13.9 Å². The molecule has 0 saturated carbocycles. The number of nitrogens with zero attached hydrogens (tertiary/aromatic N) is 3. The van der Waals surface area contributed by atoms with Crippen LogP contribution < -0.4 is 10.6 Å². The number of rotatable bonds is 6. The van der Waals surface area contributed by atoms with E-state index < -0.39 is 6.04 Å². The van der Waals surface area contributed by atoms with E-state index >= 15 is 0 Å². The van der Waals surface area contributed by atoms with Crippen molar-refractivity contribution in [3.63, 3.8) is 0 Å². The van der Waals surface area contributed by atoms with Gasteiger partial charge in [-0.1, -0.05) is 6.92 Å². The highest BCUT2D eigenvalue weighted by molar-refractivity contribution is 6.10. The Hall–Kier alpha value is -2.32. The summed E-state index contributed by atoms with van der Waals surface area (Å²) >= 11 is 0. The molecular weight excluding hydrogens is 373 g/mol. The summed E-state index contributed by atoms with van der Waals surface area (Å²) in [5, 5.41) is 8.67. The second kappa shape index (κ2) is 9.00. The lowest BCUT2D eigenvalue weighted by molar-refractivity contribution is 0.0695. The summed E-state index contributed by atoms with van der Waals surface area (Å²) in [4.78, 5) is 11.0. The molecule has 8 heteroatoms. The highest BCUT2D eigenvalue weighted by Crippen LogP contribution is 2.29. The minimum atomic E-state index is -0.619. The Morgan fingerprint density at radius 1 is 1.41 bits per heavy atom. The minimum Gasteiger partial charge on any atom is -0.488 e. The van der Waals surface area contributed by atoms with Crippen molar-refractivity contribution >= 4 is 11.5 Å². The number of morpholine rings is 1. The van der Waals surface area contributed by atoms with Crippen LogP contribution in [-0.4, -0.2) is 53.1 Å². The third kappa shape index (κ3) is 4.64. The van der Waals surface area contributed by atoms with E-state index in [2.05, 4.69) is 28.7 Å². The molecule has 1 fully saturated rings. The molecule has 0 spiro atoms. The fourth-order valence-corrected chi connectivity index (χ4v) is 3.74. The summed E-state index contributed by atoms with van der Waals surface area (Å²) in [5.74, 6) is 0.510. The third-order valence-electron chi connectivity index (χ3n) is 5.19. The number of halogens is 1. The van der Waals surface area contributed by atoms with Crippen LogP contribution in [0.3, 0.4) is 0 Å². The van der Waals surface area contributed by atoms with Crippen molar-refractivity contribution in [1.82, 2.24) is 9.97 Å². The second-order valence-electron chi connectivity index (χ2n) is 7.84. The van der Waals surface area contributed by atoms with Gasteiger partial charge in [-0.2, -0.15) is 0 Å². The Bertz CT molecular complexity index is 823. The SMILES string of the molecule is CCC1COCC(C)N1c1cc(C(=N)C2=CC(OC(C)C)=C(F)CC2N)ncn1. The van der Waals surface area contributed by atoms with Gasteiger partial charge in [0.25, 0.3) is 0 Å². The highest BCUT2D eigenvalue weighted by atomic mass is 19.1. The van der Waals surface area contributed by atoms with E-state index in [9.17, 15) is 4.39 Å². The molecule has 1 saturated heterocycles. The summed E-state index contributed by atoms with van der Waals surface area (Å²) in [6, 6.07) is 1.57. The number of anilines is 1. The van der Waals surface area contributed by atoms with Gasteiger partial charge in [0, 0.05) is 24.1 Å². The van der Waals surface area contributed by atoms with Crippen LogP contribution in [0.25, 0.3) is 0 Å². The Kier molecular flexibility index (Phi) is 6.64. The molecule has 0 bridgehead atoms. The molecule has 1 aliphatic carbocycles. The summed E-state index contributed by atoms with van der Waals surface area (Å²) < 4.78 is 25.5. The predicted molar refractivity (Wildman–Crippen MR) is 111 cm³/mol. The number of hydrogen-bond donors (Lipinski definition) is 2. The van der Waals surface area contributed by atoms with E-state index in [0.29, 0.717) is 24.5 Å². The molecule has 3 rings (SSSR count). The van der Waals surface area contributed by atoms with Crippen molar-refractivity contribution in [2.45, 2.75) is 64.8 Å². The average Bonchev–Trinajstić information content (AvgIpc) is 2.69. The van der Waals surface area contributed by atoms with Crippen LogP contribution in [-0.2, 0) is 9.47 Å². The van der Waals surface area contributed by atoms with Crippen LogP contribution in [0, 0.1) is 5.41 Å². The van der Waals surface area contributed by atoms with E-state index in [1.807, 2.05) is 13.8 Å². The van der Waals surface area contributed by atoms with Crippen LogP contribution in [0.2, 0.25) is 0 Å². The number of ether oxygens (including phenoxy) is 2. The van der Waals surface area contributed by atoms with Crippen LogP contribution in [0.4, 0.5) is 10.2 Å². The molecule has 0 amide bonds. The topological polar surface area (TPSA) is 97.3 Å². The van der Waals surface area contributed by atoms with Gasteiger partial charge in [0.1, 0.15) is 18.0 Å². The van der Waals surface area contributed by atoms with Gasteiger partial charge in [-0.3, -0.25) is 5.41 Å². The van der Waals surface area contributed by atoms with Gasteiger partial charge in [-0.25, -0.2) is 14.4 Å². The van der Waals surface area contributed by atoms with E-state index in [-0.39, 0.29) is 41.9 Å². The van der Waals surface area contributed by atoms with E-state index in [1.165, 1.54) is 12.4 Å². The first-order chi connectivity index (χ1) is 13.8. The van der Waals surface area contributed by atoms with Gasteiger partial charge < -0.3 is 20.1 Å². The number of hydrogen-bond acceptors (Lipinski definition) is 7. The second-order valence-corrected chi connectivity index (χ2v) is 7.84. The molecule has 3 unspecified atom stereocenters. The molecule has 1 aromatic rings. The lowest BCUT2D eigenvalue weighted by Crippen LogP contribution is -2.51. The molecule has 29 heavy (non-hydrogen) atoms.